The van der Waals surface area contributed by atoms with Gasteiger partial charge in [-0.1, -0.05) is 0 Å². The molecular formula is C15H23N3O2S. The average molecular weight is 309 g/mol. The number of nitrogens with zero attached hydrogens (tertiary/aromatic N) is 3. The van der Waals surface area contributed by atoms with Gasteiger partial charge in [0.25, 0.3) is 0 Å². The topological polar surface area (TPSA) is 45.7 Å². The maximum Gasteiger partial charge on any atom is 0.315 e. The second kappa shape index (κ2) is 6.32. The molecule has 6 heteroatoms. The van der Waals surface area contributed by atoms with E-state index >= 15 is 0 Å². The van der Waals surface area contributed by atoms with Crippen molar-refractivity contribution < 1.29 is 9.53 Å². The third-order valence-corrected chi connectivity index (χ3v) is 5.48. The molecule has 0 bridgehead atoms. The largest absolute Gasteiger partial charge is 0.465 e. The number of aryl methyl sites for hydroxylation is 1. The van der Waals surface area contributed by atoms with E-state index in [9.17, 15) is 4.79 Å². The Morgan fingerprint density at radius 2 is 2.14 bits per heavy atom. The lowest BCUT2D eigenvalue weighted by Gasteiger charge is -2.32. The van der Waals surface area contributed by atoms with E-state index in [0.29, 0.717) is 6.61 Å². The van der Waals surface area contributed by atoms with E-state index < -0.39 is 0 Å². The number of hydrogen-bond donors (Lipinski definition) is 0. The predicted octanol–water partition coefficient (Wildman–Crippen LogP) is 1.88. The van der Waals surface area contributed by atoms with Crippen LogP contribution in [0.15, 0.2) is 0 Å². The van der Waals surface area contributed by atoms with Crippen LogP contribution in [0.2, 0.25) is 0 Å². The van der Waals surface area contributed by atoms with Crippen LogP contribution in [0, 0.1) is 0 Å². The number of fused-ring (bicyclic) bond motifs is 1. The number of ether oxygens (including phenoxy) is 1. The lowest BCUT2D eigenvalue weighted by atomic mass is 9.91. The van der Waals surface area contributed by atoms with Gasteiger partial charge in [0, 0.05) is 31.1 Å². The van der Waals surface area contributed by atoms with Crippen LogP contribution >= 0.6 is 11.3 Å². The van der Waals surface area contributed by atoms with Crippen LogP contribution < -0.4 is 4.90 Å². The maximum absolute atomic E-state index is 12.1. The number of aromatic nitrogens is 1. The van der Waals surface area contributed by atoms with E-state index in [2.05, 4.69) is 16.8 Å². The molecular weight excluding hydrogens is 286 g/mol. The zero-order chi connectivity index (χ0) is 14.8. The van der Waals surface area contributed by atoms with E-state index in [1.54, 1.807) is 11.3 Å². The smallest absolute Gasteiger partial charge is 0.315 e. The summed E-state index contributed by atoms with van der Waals surface area (Å²) in [7, 11) is 2.15. The number of likely N-dealkylation sites (N-methyl/N-ethyl adjacent to an activating group) is 1. The molecule has 116 valence electrons. The first-order valence-electron chi connectivity index (χ1n) is 7.78. The lowest BCUT2D eigenvalue weighted by Crippen LogP contribution is -2.44. The van der Waals surface area contributed by atoms with Crippen LogP contribution in [-0.2, 0) is 16.0 Å². The molecule has 1 aromatic heterocycles. The van der Waals surface area contributed by atoms with Crippen molar-refractivity contribution in [2.24, 2.45) is 0 Å². The zero-order valence-electron chi connectivity index (χ0n) is 12.8. The van der Waals surface area contributed by atoms with Gasteiger partial charge in [-0.15, -0.1) is 11.3 Å². The van der Waals surface area contributed by atoms with Crippen molar-refractivity contribution in [2.45, 2.75) is 32.1 Å². The Labute approximate surface area is 129 Å². The molecule has 5 nitrogen and oxygen atoms in total. The van der Waals surface area contributed by atoms with Gasteiger partial charge in [-0.3, -0.25) is 4.79 Å². The quantitative estimate of drug-likeness (QED) is 0.798. The second-order valence-corrected chi connectivity index (χ2v) is 6.85. The first-order chi connectivity index (χ1) is 10.2. The summed E-state index contributed by atoms with van der Waals surface area (Å²) in [4.78, 5) is 22.9. The molecule has 0 amide bonds. The zero-order valence-corrected chi connectivity index (χ0v) is 13.6. The van der Waals surface area contributed by atoms with Crippen LogP contribution in [0.4, 0.5) is 5.13 Å². The van der Waals surface area contributed by atoms with Crippen LogP contribution in [0.5, 0.6) is 0 Å². The van der Waals surface area contributed by atoms with Crippen LogP contribution in [0.1, 0.15) is 36.3 Å². The molecule has 0 aromatic carbocycles. The summed E-state index contributed by atoms with van der Waals surface area (Å²) >= 11 is 1.77. The molecule has 1 fully saturated rings. The van der Waals surface area contributed by atoms with Gasteiger partial charge in [-0.2, -0.15) is 0 Å². The van der Waals surface area contributed by atoms with Gasteiger partial charge >= 0.3 is 5.97 Å². The number of anilines is 1. The molecule has 0 N–H and O–H groups in total. The van der Waals surface area contributed by atoms with E-state index in [1.165, 1.54) is 4.88 Å². The highest BCUT2D eigenvalue weighted by atomic mass is 32.1. The number of thiazole rings is 1. The third-order valence-electron chi connectivity index (χ3n) is 4.29. The monoisotopic (exact) mass is 309 g/mol. The van der Waals surface area contributed by atoms with Gasteiger partial charge in [-0.05, 0) is 33.2 Å². The number of hydrogen-bond acceptors (Lipinski definition) is 6. The summed E-state index contributed by atoms with van der Waals surface area (Å²) in [5, 5.41) is 1.09. The van der Waals surface area contributed by atoms with E-state index in [0.717, 1.165) is 56.3 Å². The molecule has 2 aliphatic rings. The molecule has 3 rings (SSSR count). The summed E-state index contributed by atoms with van der Waals surface area (Å²) in [6, 6.07) is 0. The fourth-order valence-corrected chi connectivity index (χ4v) is 4.23. The number of carbonyl (C=O) groups is 1. The minimum absolute atomic E-state index is 0.103. The Morgan fingerprint density at radius 1 is 1.38 bits per heavy atom. The molecule has 0 saturated carbocycles. The standard InChI is InChI=1S/C15H23N3O2S/c1-3-20-14(19)11-5-4-6-12-13(11)16-15(21-12)18-9-7-17(2)8-10-18/h11H,3-10H2,1-2H3/t11-/m0/s1. The van der Waals surface area contributed by atoms with Crippen molar-refractivity contribution in [3.05, 3.63) is 10.6 Å². The number of carbonyl (C=O) groups excluding carboxylic acids is 1. The molecule has 1 aliphatic heterocycles. The molecule has 2 heterocycles. The van der Waals surface area contributed by atoms with Gasteiger partial charge in [0.15, 0.2) is 5.13 Å². The number of esters is 1. The number of rotatable bonds is 3. The summed E-state index contributed by atoms with van der Waals surface area (Å²) in [5.74, 6) is -0.250. The minimum atomic E-state index is -0.147. The minimum Gasteiger partial charge on any atom is -0.465 e. The normalized spacial score (nSPS) is 23.0. The van der Waals surface area contributed by atoms with E-state index in [4.69, 9.17) is 9.72 Å². The highest BCUT2D eigenvalue weighted by Gasteiger charge is 2.32. The second-order valence-electron chi connectivity index (χ2n) is 5.79. The van der Waals surface area contributed by atoms with Crippen LogP contribution in [-0.4, -0.2) is 55.7 Å². The number of piperazine rings is 1. The highest BCUT2D eigenvalue weighted by Crippen LogP contribution is 2.38. The summed E-state index contributed by atoms with van der Waals surface area (Å²) < 4.78 is 5.21. The van der Waals surface area contributed by atoms with Gasteiger partial charge in [0.05, 0.1) is 12.3 Å². The Kier molecular flexibility index (Phi) is 4.45. The Hall–Kier alpha value is -1.14. The van der Waals surface area contributed by atoms with Crippen LogP contribution in [0.25, 0.3) is 0 Å². The van der Waals surface area contributed by atoms with Crippen molar-refractivity contribution in [3.63, 3.8) is 0 Å². The van der Waals surface area contributed by atoms with Gasteiger partial charge < -0.3 is 14.5 Å². The first-order valence-corrected chi connectivity index (χ1v) is 8.60. The van der Waals surface area contributed by atoms with E-state index in [-0.39, 0.29) is 11.9 Å². The van der Waals surface area contributed by atoms with Gasteiger partial charge in [0.2, 0.25) is 0 Å². The molecule has 0 radical (unpaired) electrons. The fraction of sp³-hybridized carbons (Fsp3) is 0.733. The maximum atomic E-state index is 12.1. The molecule has 1 atom stereocenters. The average Bonchev–Trinajstić information content (AvgIpc) is 2.92. The Balaban J connectivity index is 1.79. The van der Waals surface area contributed by atoms with Crippen molar-refractivity contribution in [1.29, 1.82) is 0 Å². The first kappa shape index (κ1) is 14.8. The van der Waals surface area contributed by atoms with Crippen molar-refractivity contribution in [2.75, 3.05) is 44.7 Å². The van der Waals surface area contributed by atoms with Crippen molar-refractivity contribution in [1.82, 2.24) is 9.88 Å². The van der Waals surface area contributed by atoms with Gasteiger partial charge in [-0.25, -0.2) is 4.98 Å². The molecule has 1 aliphatic carbocycles. The highest BCUT2D eigenvalue weighted by molar-refractivity contribution is 7.15. The fourth-order valence-electron chi connectivity index (χ4n) is 3.01. The molecule has 21 heavy (non-hydrogen) atoms. The predicted molar refractivity (Wildman–Crippen MR) is 84.1 cm³/mol. The lowest BCUT2D eigenvalue weighted by molar-refractivity contribution is -0.145. The molecule has 1 saturated heterocycles. The van der Waals surface area contributed by atoms with Crippen molar-refractivity contribution in [3.8, 4) is 0 Å². The summed E-state index contributed by atoms with van der Waals surface area (Å²) in [5.41, 5.74) is 0.985. The SMILES string of the molecule is CCOC(=O)[C@H]1CCCc2sc(N3CCN(C)CC3)nc21. The Bertz CT molecular complexity index is 509. The van der Waals surface area contributed by atoms with Crippen LogP contribution in [0.3, 0.4) is 0 Å². The third kappa shape index (κ3) is 3.06. The molecule has 0 unspecified atom stereocenters. The summed E-state index contributed by atoms with van der Waals surface area (Å²) in [6.07, 6.45) is 2.98. The van der Waals surface area contributed by atoms with Crippen molar-refractivity contribution >= 4 is 22.4 Å². The summed E-state index contributed by atoms with van der Waals surface area (Å²) in [6.45, 7) is 6.50. The Morgan fingerprint density at radius 3 is 2.86 bits per heavy atom. The molecule has 1 aromatic rings. The molecule has 0 spiro atoms. The van der Waals surface area contributed by atoms with Gasteiger partial charge in [0.1, 0.15) is 5.92 Å². The van der Waals surface area contributed by atoms with E-state index in [1.807, 2.05) is 6.92 Å².